The van der Waals surface area contributed by atoms with Crippen LogP contribution < -0.4 is 10.1 Å². The lowest BCUT2D eigenvalue weighted by Crippen LogP contribution is -2.23. The number of fused-ring (bicyclic) bond motifs is 2. The second-order valence-corrected chi connectivity index (χ2v) is 8.10. The minimum Gasteiger partial charge on any atom is -0.488 e. The van der Waals surface area contributed by atoms with E-state index in [2.05, 4.69) is 22.8 Å². The summed E-state index contributed by atoms with van der Waals surface area (Å²) in [5, 5.41) is 14.5. The van der Waals surface area contributed by atoms with Crippen LogP contribution in [0.15, 0.2) is 40.1 Å². The molecule has 0 amide bonds. The SMILES string of the molecule is O=C(O)CSc1ccc2c(c1)C(=C1CCNCC1)c1sccc1CO2. The van der Waals surface area contributed by atoms with Gasteiger partial charge in [0.05, 0.1) is 5.75 Å². The molecule has 6 heteroatoms. The molecular weight excluding hydrogens is 354 g/mol. The van der Waals surface area contributed by atoms with Gasteiger partial charge in [0, 0.05) is 26.5 Å². The minimum atomic E-state index is -0.798. The monoisotopic (exact) mass is 373 g/mol. The summed E-state index contributed by atoms with van der Waals surface area (Å²) in [6.07, 6.45) is 2.08. The second-order valence-electron chi connectivity index (χ2n) is 6.13. The van der Waals surface area contributed by atoms with E-state index in [0.717, 1.165) is 42.1 Å². The Morgan fingerprint density at radius 3 is 2.92 bits per heavy atom. The van der Waals surface area contributed by atoms with Gasteiger partial charge in [-0.3, -0.25) is 4.79 Å². The Morgan fingerprint density at radius 1 is 1.28 bits per heavy atom. The summed E-state index contributed by atoms with van der Waals surface area (Å²) in [6, 6.07) is 8.18. The van der Waals surface area contributed by atoms with E-state index in [1.165, 1.54) is 33.3 Å². The third kappa shape index (κ3) is 3.47. The van der Waals surface area contributed by atoms with Crippen molar-refractivity contribution in [1.29, 1.82) is 0 Å². The normalized spacial score (nSPS) is 16.6. The maximum absolute atomic E-state index is 10.9. The first kappa shape index (κ1) is 16.7. The van der Waals surface area contributed by atoms with Gasteiger partial charge in [0.1, 0.15) is 12.4 Å². The Hall–Kier alpha value is -1.76. The van der Waals surface area contributed by atoms with Gasteiger partial charge in [0.2, 0.25) is 0 Å². The van der Waals surface area contributed by atoms with E-state index >= 15 is 0 Å². The number of nitrogens with one attached hydrogen (secondary N) is 1. The fourth-order valence-corrected chi connectivity index (χ4v) is 5.02. The number of aliphatic carboxylic acids is 1. The van der Waals surface area contributed by atoms with E-state index < -0.39 is 5.97 Å². The van der Waals surface area contributed by atoms with Crippen molar-refractivity contribution in [3.05, 3.63) is 51.2 Å². The van der Waals surface area contributed by atoms with Crippen molar-refractivity contribution in [2.75, 3.05) is 18.8 Å². The summed E-state index contributed by atoms with van der Waals surface area (Å²) in [7, 11) is 0. The lowest BCUT2D eigenvalue weighted by atomic mass is 9.91. The number of piperidine rings is 1. The summed E-state index contributed by atoms with van der Waals surface area (Å²) in [5.41, 5.74) is 5.11. The number of thioether (sulfide) groups is 1. The van der Waals surface area contributed by atoms with E-state index in [9.17, 15) is 4.79 Å². The molecule has 1 aromatic carbocycles. The van der Waals surface area contributed by atoms with Crippen molar-refractivity contribution < 1.29 is 14.6 Å². The summed E-state index contributed by atoms with van der Waals surface area (Å²) in [6.45, 7) is 2.59. The summed E-state index contributed by atoms with van der Waals surface area (Å²) in [4.78, 5) is 13.2. The number of rotatable bonds is 3. The molecule has 0 saturated carbocycles. The molecule has 0 spiro atoms. The Kier molecular flexibility index (Phi) is 4.83. The number of hydrogen-bond donors (Lipinski definition) is 2. The quantitative estimate of drug-likeness (QED) is 0.797. The van der Waals surface area contributed by atoms with Crippen molar-refractivity contribution in [3.8, 4) is 5.75 Å². The van der Waals surface area contributed by atoms with E-state index in [-0.39, 0.29) is 5.75 Å². The number of carboxylic acid groups (broad SMARTS) is 1. The van der Waals surface area contributed by atoms with Gasteiger partial charge in [-0.1, -0.05) is 5.57 Å². The third-order valence-corrected chi connectivity index (χ3v) is 6.45. The smallest absolute Gasteiger partial charge is 0.313 e. The van der Waals surface area contributed by atoms with Crippen molar-refractivity contribution in [3.63, 3.8) is 0 Å². The molecule has 1 fully saturated rings. The van der Waals surface area contributed by atoms with Gasteiger partial charge in [-0.05, 0) is 55.6 Å². The fraction of sp³-hybridized carbons (Fsp3) is 0.316. The Labute approximate surface area is 154 Å². The number of carbonyl (C=O) groups is 1. The van der Waals surface area contributed by atoms with Crippen LogP contribution in [0.1, 0.15) is 28.8 Å². The van der Waals surface area contributed by atoms with Crippen LogP contribution in [-0.2, 0) is 11.4 Å². The van der Waals surface area contributed by atoms with Gasteiger partial charge in [-0.2, -0.15) is 0 Å². The van der Waals surface area contributed by atoms with E-state index in [0.29, 0.717) is 6.61 Å². The van der Waals surface area contributed by atoms with Gasteiger partial charge in [-0.25, -0.2) is 0 Å². The zero-order valence-corrected chi connectivity index (χ0v) is 15.3. The van der Waals surface area contributed by atoms with Crippen molar-refractivity contribution in [2.45, 2.75) is 24.3 Å². The Morgan fingerprint density at radius 2 is 2.12 bits per heavy atom. The molecule has 0 bridgehead atoms. The molecule has 0 radical (unpaired) electrons. The molecule has 0 unspecified atom stereocenters. The highest BCUT2D eigenvalue weighted by Gasteiger charge is 2.24. The van der Waals surface area contributed by atoms with Crippen LogP contribution in [-0.4, -0.2) is 29.9 Å². The highest BCUT2D eigenvalue weighted by Crippen LogP contribution is 2.43. The lowest BCUT2D eigenvalue weighted by molar-refractivity contribution is -0.133. The number of carboxylic acids is 1. The first-order chi connectivity index (χ1) is 12.2. The van der Waals surface area contributed by atoms with Gasteiger partial charge < -0.3 is 15.2 Å². The van der Waals surface area contributed by atoms with Crippen LogP contribution in [0.25, 0.3) is 5.57 Å². The molecule has 3 heterocycles. The molecule has 4 rings (SSSR count). The third-order valence-electron chi connectivity index (χ3n) is 4.50. The molecule has 1 aromatic heterocycles. The number of ether oxygens (including phenoxy) is 1. The molecule has 2 aromatic rings. The summed E-state index contributed by atoms with van der Waals surface area (Å²) >= 11 is 3.12. The van der Waals surface area contributed by atoms with Crippen molar-refractivity contribution >= 4 is 34.6 Å². The highest BCUT2D eigenvalue weighted by atomic mass is 32.2. The zero-order chi connectivity index (χ0) is 17.2. The number of benzene rings is 1. The van der Waals surface area contributed by atoms with Crippen molar-refractivity contribution in [1.82, 2.24) is 5.32 Å². The van der Waals surface area contributed by atoms with Crippen LogP contribution >= 0.6 is 23.1 Å². The topological polar surface area (TPSA) is 58.6 Å². The summed E-state index contributed by atoms with van der Waals surface area (Å²) < 4.78 is 6.07. The largest absolute Gasteiger partial charge is 0.488 e. The van der Waals surface area contributed by atoms with Crippen molar-refractivity contribution in [2.24, 2.45) is 0 Å². The molecule has 2 aliphatic heterocycles. The van der Waals surface area contributed by atoms with Gasteiger partial charge in [-0.15, -0.1) is 23.1 Å². The predicted octanol–water partition coefficient (Wildman–Crippen LogP) is 4.00. The highest BCUT2D eigenvalue weighted by molar-refractivity contribution is 8.00. The molecule has 0 aliphatic carbocycles. The average molecular weight is 373 g/mol. The first-order valence-corrected chi connectivity index (χ1v) is 10.2. The van der Waals surface area contributed by atoms with E-state index in [4.69, 9.17) is 9.84 Å². The maximum atomic E-state index is 10.9. The number of thiophene rings is 1. The average Bonchev–Trinajstić information content (AvgIpc) is 3.02. The maximum Gasteiger partial charge on any atom is 0.313 e. The van der Waals surface area contributed by atoms with E-state index in [1.54, 1.807) is 11.3 Å². The Balaban J connectivity index is 1.83. The van der Waals surface area contributed by atoms with E-state index in [1.807, 2.05) is 12.1 Å². The van der Waals surface area contributed by atoms with Gasteiger partial charge >= 0.3 is 5.97 Å². The molecule has 2 aliphatic rings. The van der Waals surface area contributed by atoms with Gasteiger partial charge in [0.25, 0.3) is 0 Å². The summed E-state index contributed by atoms with van der Waals surface area (Å²) in [5.74, 6) is 0.164. The van der Waals surface area contributed by atoms with Crippen LogP contribution in [0.5, 0.6) is 5.75 Å². The molecule has 25 heavy (non-hydrogen) atoms. The molecule has 130 valence electrons. The molecule has 4 nitrogen and oxygen atoms in total. The molecular formula is C19H19NO3S2. The lowest BCUT2D eigenvalue weighted by Gasteiger charge is -2.21. The first-order valence-electron chi connectivity index (χ1n) is 8.33. The molecule has 0 atom stereocenters. The molecule has 1 saturated heterocycles. The van der Waals surface area contributed by atoms with Crippen LogP contribution in [0, 0.1) is 0 Å². The number of hydrogen-bond acceptors (Lipinski definition) is 5. The van der Waals surface area contributed by atoms with Crippen LogP contribution in [0.3, 0.4) is 0 Å². The Bertz CT molecular complexity index is 833. The van der Waals surface area contributed by atoms with Gasteiger partial charge in [0.15, 0.2) is 0 Å². The van der Waals surface area contributed by atoms with Crippen LogP contribution in [0.2, 0.25) is 0 Å². The fourth-order valence-electron chi connectivity index (χ4n) is 3.34. The predicted molar refractivity (Wildman–Crippen MR) is 102 cm³/mol. The zero-order valence-electron chi connectivity index (χ0n) is 13.7. The molecule has 2 N–H and O–H groups in total. The minimum absolute atomic E-state index is 0.0692. The second kappa shape index (κ2) is 7.23. The van der Waals surface area contributed by atoms with Crippen LogP contribution in [0.4, 0.5) is 0 Å². The standard InChI is InChI=1S/C19H19NO3S2/c21-17(22)11-25-14-1-2-16-15(9-14)18(12-3-6-20-7-4-12)19-13(10-23-16)5-8-24-19/h1-2,5,8-9,20H,3-4,6-7,10-11H2,(H,21,22).